The van der Waals surface area contributed by atoms with Crippen LogP contribution >= 0.6 is 0 Å². The van der Waals surface area contributed by atoms with E-state index in [1.807, 2.05) is 29.8 Å². The summed E-state index contributed by atoms with van der Waals surface area (Å²) in [5.41, 5.74) is 4.40. The molecule has 0 spiro atoms. The first-order valence-electron chi connectivity index (χ1n) is 9.26. The van der Waals surface area contributed by atoms with Crippen LogP contribution in [0.1, 0.15) is 34.5 Å². The predicted octanol–water partition coefficient (Wildman–Crippen LogP) is 2.31. The van der Waals surface area contributed by atoms with Gasteiger partial charge in [0, 0.05) is 33.3 Å². The summed E-state index contributed by atoms with van der Waals surface area (Å²) in [5, 5.41) is 7.40. The Morgan fingerprint density at radius 3 is 2.93 bits per heavy atom. The largest absolute Gasteiger partial charge is 0.375 e. The monoisotopic (exact) mass is 374 g/mol. The summed E-state index contributed by atoms with van der Waals surface area (Å²) in [4.78, 5) is 13.9. The summed E-state index contributed by atoms with van der Waals surface area (Å²) in [5.74, 6) is -0.263. The molecule has 0 bridgehead atoms. The summed E-state index contributed by atoms with van der Waals surface area (Å²) in [6, 6.07) is 5.90. The van der Waals surface area contributed by atoms with E-state index >= 15 is 0 Å². The molecule has 2 heterocycles. The van der Waals surface area contributed by atoms with Gasteiger partial charge in [-0.2, -0.15) is 5.10 Å². The highest BCUT2D eigenvalue weighted by Crippen LogP contribution is 2.21. The first-order chi connectivity index (χ1) is 13.0. The van der Waals surface area contributed by atoms with Gasteiger partial charge in [0.1, 0.15) is 12.4 Å². The minimum absolute atomic E-state index is 0.0494. The second-order valence-electron chi connectivity index (χ2n) is 7.10. The van der Waals surface area contributed by atoms with Crippen molar-refractivity contribution in [3.05, 3.63) is 52.1 Å². The number of amides is 1. The molecule has 27 heavy (non-hydrogen) atoms. The summed E-state index contributed by atoms with van der Waals surface area (Å²) >= 11 is 0. The van der Waals surface area contributed by atoms with E-state index in [-0.39, 0.29) is 18.3 Å². The van der Waals surface area contributed by atoms with Crippen molar-refractivity contribution in [2.24, 2.45) is 0 Å². The van der Waals surface area contributed by atoms with Crippen molar-refractivity contribution in [1.82, 2.24) is 20.0 Å². The number of hydrogen-bond acceptors (Lipinski definition) is 4. The Labute approximate surface area is 159 Å². The molecular formula is C20H27FN4O2. The third-order valence-electron chi connectivity index (χ3n) is 4.97. The molecule has 7 heteroatoms. The van der Waals surface area contributed by atoms with Gasteiger partial charge >= 0.3 is 0 Å². The van der Waals surface area contributed by atoms with E-state index in [9.17, 15) is 9.18 Å². The van der Waals surface area contributed by atoms with Crippen molar-refractivity contribution >= 4 is 5.91 Å². The number of benzene rings is 1. The molecule has 0 atom stereocenters. The van der Waals surface area contributed by atoms with Gasteiger partial charge in [-0.1, -0.05) is 12.1 Å². The molecule has 2 aromatic rings. The van der Waals surface area contributed by atoms with E-state index < -0.39 is 0 Å². The van der Waals surface area contributed by atoms with E-state index in [1.54, 1.807) is 6.92 Å². The molecule has 1 aliphatic heterocycles. The fraction of sp³-hybridized carbons (Fsp3) is 0.500. The third kappa shape index (κ3) is 4.73. The lowest BCUT2D eigenvalue weighted by molar-refractivity contribution is -0.124. The molecule has 0 aliphatic carbocycles. The maximum atomic E-state index is 14.2. The van der Waals surface area contributed by atoms with Crippen LogP contribution in [0.5, 0.6) is 0 Å². The van der Waals surface area contributed by atoms with Crippen molar-refractivity contribution in [3.8, 4) is 0 Å². The van der Waals surface area contributed by atoms with Gasteiger partial charge in [-0.05, 0) is 43.0 Å². The average Bonchev–Trinajstić information content (AvgIpc) is 2.92. The van der Waals surface area contributed by atoms with Gasteiger partial charge in [-0.15, -0.1) is 0 Å². The van der Waals surface area contributed by atoms with Gasteiger partial charge in [-0.25, -0.2) is 4.39 Å². The minimum atomic E-state index is -0.154. The zero-order valence-corrected chi connectivity index (χ0v) is 16.2. The lowest BCUT2D eigenvalue weighted by atomic mass is 10.0. The number of nitrogens with zero attached hydrogens (tertiary/aromatic N) is 3. The van der Waals surface area contributed by atoms with E-state index in [0.717, 1.165) is 48.6 Å². The number of methoxy groups -OCH3 is 1. The lowest BCUT2D eigenvalue weighted by Crippen LogP contribution is -2.26. The summed E-state index contributed by atoms with van der Waals surface area (Å²) in [6.45, 7) is 7.35. The molecule has 0 unspecified atom stereocenters. The molecule has 1 N–H and O–H groups in total. The van der Waals surface area contributed by atoms with Crippen molar-refractivity contribution in [2.75, 3.05) is 20.3 Å². The van der Waals surface area contributed by atoms with Crippen LogP contribution in [0.4, 0.5) is 4.39 Å². The van der Waals surface area contributed by atoms with E-state index in [1.165, 1.54) is 7.11 Å². The smallest absolute Gasteiger partial charge is 0.246 e. The number of halogens is 1. The van der Waals surface area contributed by atoms with E-state index in [2.05, 4.69) is 15.3 Å². The number of fused-ring (bicyclic) bond motifs is 1. The molecule has 0 fully saturated rings. The SMILES string of the molecule is COCC(=O)NCc1cc2n(n1)CCCN(Cc1ccc(C)c(F)c1C)C2. The van der Waals surface area contributed by atoms with E-state index in [4.69, 9.17) is 4.74 Å². The molecular weight excluding hydrogens is 347 g/mol. The Morgan fingerprint density at radius 2 is 2.15 bits per heavy atom. The number of carbonyl (C=O) groups is 1. The van der Waals surface area contributed by atoms with Crippen LogP contribution < -0.4 is 5.32 Å². The number of aryl methyl sites for hydroxylation is 2. The molecule has 146 valence electrons. The van der Waals surface area contributed by atoms with E-state index in [0.29, 0.717) is 18.7 Å². The number of nitrogens with one attached hydrogen (secondary N) is 1. The van der Waals surface area contributed by atoms with Gasteiger partial charge in [0.15, 0.2) is 0 Å². The van der Waals surface area contributed by atoms with Gasteiger partial charge in [0.25, 0.3) is 0 Å². The fourth-order valence-corrected chi connectivity index (χ4v) is 3.45. The summed E-state index contributed by atoms with van der Waals surface area (Å²) < 4.78 is 21.0. The Balaban J connectivity index is 1.67. The molecule has 0 saturated heterocycles. The van der Waals surface area contributed by atoms with Crippen LogP contribution in [-0.4, -0.2) is 40.8 Å². The van der Waals surface area contributed by atoms with Crippen LogP contribution in [0, 0.1) is 19.7 Å². The Morgan fingerprint density at radius 1 is 1.33 bits per heavy atom. The highest BCUT2D eigenvalue weighted by molar-refractivity contribution is 5.77. The highest BCUT2D eigenvalue weighted by atomic mass is 19.1. The Bertz CT molecular complexity index is 819. The maximum absolute atomic E-state index is 14.2. The highest BCUT2D eigenvalue weighted by Gasteiger charge is 2.18. The number of hydrogen-bond donors (Lipinski definition) is 1. The number of rotatable bonds is 6. The Hall–Kier alpha value is -2.25. The van der Waals surface area contributed by atoms with Crippen LogP contribution in [0.3, 0.4) is 0 Å². The normalized spacial score (nSPS) is 14.7. The van der Waals surface area contributed by atoms with Crippen molar-refractivity contribution in [1.29, 1.82) is 0 Å². The average molecular weight is 374 g/mol. The van der Waals surface area contributed by atoms with Gasteiger partial charge < -0.3 is 10.1 Å². The van der Waals surface area contributed by atoms with Gasteiger partial charge in [-0.3, -0.25) is 14.4 Å². The summed E-state index contributed by atoms with van der Waals surface area (Å²) in [7, 11) is 1.49. The first kappa shape index (κ1) is 19.5. The fourth-order valence-electron chi connectivity index (χ4n) is 3.45. The lowest BCUT2D eigenvalue weighted by Gasteiger charge is -2.21. The predicted molar refractivity (Wildman–Crippen MR) is 101 cm³/mol. The quantitative estimate of drug-likeness (QED) is 0.843. The van der Waals surface area contributed by atoms with Crippen LogP contribution in [-0.2, 0) is 35.7 Å². The van der Waals surface area contributed by atoms with Crippen molar-refractivity contribution in [2.45, 2.75) is 46.4 Å². The standard InChI is InChI=1S/C20H27FN4O2/c1-14-5-6-16(15(2)20(14)21)11-24-7-4-8-25-18(12-24)9-17(23-25)10-22-19(26)13-27-3/h5-6,9H,4,7-8,10-13H2,1-3H3,(H,22,26). The Kier molecular flexibility index (Phi) is 6.23. The molecule has 1 aliphatic rings. The van der Waals surface area contributed by atoms with Crippen LogP contribution in [0.2, 0.25) is 0 Å². The second kappa shape index (κ2) is 8.63. The molecule has 1 aromatic heterocycles. The van der Waals surface area contributed by atoms with Gasteiger partial charge in [0.05, 0.1) is 17.9 Å². The number of carbonyl (C=O) groups excluding carboxylic acids is 1. The first-order valence-corrected chi connectivity index (χ1v) is 9.26. The van der Waals surface area contributed by atoms with Crippen molar-refractivity contribution in [3.63, 3.8) is 0 Å². The third-order valence-corrected chi connectivity index (χ3v) is 4.97. The molecule has 6 nitrogen and oxygen atoms in total. The van der Waals surface area contributed by atoms with Crippen LogP contribution in [0.25, 0.3) is 0 Å². The second-order valence-corrected chi connectivity index (χ2v) is 7.10. The van der Waals surface area contributed by atoms with Gasteiger partial charge in [0.2, 0.25) is 5.91 Å². The molecule has 1 amide bonds. The zero-order valence-electron chi connectivity index (χ0n) is 16.2. The maximum Gasteiger partial charge on any atom is 0.246 e. The molecule has 0 radical (unpaired) electrons. The summed E-state index contributed by atoms with van der Waals surface area (Å²) in [6.07, 6.45) is 0.984. The molecule has 3 rings (SSSR count). The zero-order chi connectivity index (χ0) is 19.4. The van der Waals surface area contributed by atoms with Crippen molar-refractivity contribution < 1.29 is 13.9 Å². The number of aromatic nitrogens is 2. The topological polar surface area (TPSA) is 59.4 Å². The number of ether oxygens (including phenoxy) is 1. The van der Waals surface area contributed by atoms with Crippen LogP contribution in [0.15, 0.2) is 18.2 Å². The minimum Gasteiger partial charge on any atom is -0.375 e. The molecule has 1 aromatic carbocycles. The molecule has 0 saturated carbocycles.